The van der Waals surface area contributed by atoms with Gasteiger partial charge in [0.1, 0.15) is 5.75 Å². The molecule has 0 aliphatic heterocycles. The Kier molecular flexibility index (Phi) is 4.90. The molecule has 0 spiro atoms. The molecular formula is C16H18N2O4S. The summed E-state index contributed by atoms with van der Waals surface area (Å²) < 4.78 is 32.4. The van der Waals surface area contributed by atoms with Crippen molar-refractivity contribution < 1.29 is 17.9 Å². The average Bonchev–Trinajstić information content (AvgIpc) is 2.47. The maximum atomic E-state index is 12.4. The highest BCUT2D eigenvalue weighted by atomic mass is 32.2. The second-order valence-electron chi connectivity index (χ2n) is 5.00. The predicted molar refractivity (Wildman–Crippen MR) is 89.3 cm³/mol. The average molecular weight is 334 g/mol. The van der Waals surface area contributed by atoms with E-state index in [0.29, 0.717) is 17.1 Å². The van der Waals surface area contributed by atoms with Gasteiger partial charge in [-0.05, 0) is 55.0 Å². The number of carbonyl (C=O) groups excluding carboxylic acids is 1. The second kappa shape index (κ2) is 6.70. The standard InChI is InChI=1S/C16H18N2O4S/c1-11-10-14(6-9-16(11)22-3)18-23(20,21)15-7-4-13(5-8-15)17-12(2)19/h4-10,18H,1-3H3,(H,17,19). The molecule has 1 amide bonds. The van der Waals surface area contributed by atoms with Gasteiger partial charge >= 0.3 is 0 Å². The molecule has 0 saturated heterocycles. The third-order valence-corrected chi connectivity index (χ3v) is 4.53. The highest BCUT2D eigenvalue weighted by molar-refractivity contribution is 7.92. The first-order chi connectivity index (χ1) is 10.8. The lowest BCUT2D eigenvalue weighted by Crippen LogP contribution is -2.13. The summed E-state index contributed by atoms with van der Waals surface area (Å²) in [7, 11) is -2.14. The Bertz CT molecular complexity index is 814. The number of anilines is 2. The maximum absolute atomic E-state index is 12.4. The molecule has 2 aromatic rings. The lowest BCUT2D eigenvalue weighted by atomic mass is 10.2. The number of amides is 1. The molecule has 2 N–H and O–H groups in total. The fourth-order valence-corrected chi connectivity index (χ4v) is 3.13. The van der Waals surface area contributed by atoms with Crippen LogP contribution in [-0.4, -0.2) is 21.4 Å². The van der Waals surface area contributed by atoms with E-state index in [1.54, 1.807) is 25.3 Å². The Morgan fingerprint density at radius 3 is 2.17 bits per heavy atom. The smallest absolute Gasteiger partial charge is 0.261 e. The van der Waals surface area contributed by atoms with Crippen molar-refractivity contribution in [1.82, 2.24) is 0 Å². The van der Waals surface area contributed by atoms with Gasteiger partial charge in [-0.15, -0.1) is 0 Å². The van der Waals surface area contributed by atoms with E-state index in [-0.39, 0.29) is 10.8 Å². The van der Waals surface area contributed by atoms with E-state index >= 15 is 0 Å². The number of methoxy groups -OCH3 is 1. The Hall–Kier alpha value is -2.54. The van der Waals surface area contributed by atoms with Gasteiger partial charge < -0.3 is 10.1 Å². The van der Waals surface area contributed by atoms with Crippen molar-refractivity contribution >= 4 is 27.3 Å². The summed E-state index contributed by atoms with van der Waals surface area (Å²) in [6, 6.07) is 11.0. The second-order valence-corrected chi connectivity index (χ2v) is 6.68. The van der Waals surface area contributed by atoms with E-state index in [0.717, 1.165) is 5.56 Å². The predicted octanol–water partition coefficient (Wildman–Crippen LogP) is 2.76. The Morgan fingerprint density at radius 1 is 1.04 bits per heavy atom. The minimum atomic E-state index is -3.70. The number of nitrogens with one attached hydrogen (secondary N) is 2. The Morgan fingerprint density at radius 2 is 1.65 bits per heavy atom. The van der Waals surface area contributed by atoms with Crippen molar-refractivity contribution in [2.24, 2.45) is 0 Å². The molecule has 2 rings (SSSR count). The normalized spacial score (nSPS) is 10.9. The van der Waals surface area contributed by atoms with Crippen LogP contribution >= 0.6 is 0 Å². The molecule has 0 bridgehead atoms. The number of rotatable bonds is 5. The molecule has 0 aliphatic rings. The molecule has 6 nitrogen and oxygen atoms in total. The van der Waals surface area contributed by atoms with Crippen LogP contribution in [0, 0.1) is 6.92 Å². The van der Waals surface area contributed by atoms with E-state index < -0.39 is 10.0 Å². The van der Waals surface area contributed by atoms with Crippen LogP contribution in [0.25, 0.3) is 0 Å². The zero-order valence-corrected chi connectivity index (χ0v) is 13.9. The van der Waals surface area contributed by atoms with E-state index in [9.17, 15) is 13.2 Å². The first kappa shape index (κ1) is 16.8. The lowest BCUT2D eigenvalue weighted by Gasteiger charge is -2.11. The molecule has 0 unspecified atom stereocenters. The van der Waals surface area contributed by atoms with Crippen LogP contribution in [0.3, 0.4) is 0 Å². The SMILES string of the molecule is COc1ccc(NS(=O)(=O)c2ccc(NC(C)=O)cc2)cc1C. The Labute approximate surface area is 135 Å². The van der Waals surface area contributed by atoms with E-state index in [2.05, 4.69) is 10.0 Å². The molecule has 122 valence electrons. The highest BCUT2D eigenvalue weighted by Gasteiger charge is 2.14. The van der Waals surface area contributed by atoms with Gasteiger partial charge in [0.2, 0.25) is 5.91 Å². The van der Waals surface area contributed by atoms with Crippen LogP contribution < -0.4 is 14.8 Å². The number of carbonyl (C=O) groups is 1. The minimum Gasteiger partial charge on any atom is -0.496 e. The number of aryl methyl sites for hydroxylation is 1. The van der Waals surface area contributed by atoms with Crippen molar-refractivity contribution in [1.29, 1.82) is 0 Å². The van der Waals surface area contributed by atoms with Crippen LogP contribution in [0.5, 0.6) is 5.75 Å². The first-order valence-corrected chi connectivity index (χ1v) is 8.35. The summed E-state index contributed by atoms with van der Waals surface area (Å²) in [5.41, 5.74) is 1.82. The zero-order chi connectivity index (χ0) is 17.0. The molecular weight excluding hydrogens is 316 g/mol. The number of ether oxygens (including phenoxy) is 1. The lowest BCUT2D eigenvalue weighted by molar-refractivity contribution is -0.114. The van der Waals surface area contributed by atoms with Crippen LogP contribution in [0.1, 0.15) is 12.5 Å². The van der Waals surface area contributed by atoms with Gasteiger partial charge in [-0.1, -0.05) is 0 Å². The third-order valence-electron chi connectivity index (χ3n) is 3.13. The van der Waals surface area contributed by atoms with Gasteiger partial charge in [0.15, 0.2) is 0 Å². The van der Waals surface area contributed by atoms with Gasteiger partial charge in [-0.2, -0.15) is 0 Å². The van der Waals surface area contributed by atoms with Gasteiger partial charge in [-0.25, -0.2) is 8.42 Å². The van der Waals surface area contributed by atoms with Crippen LogP contribution in [0.4, 0.5) is 11.4 Å². The molecule has 2 aromatic carbocycles. The summed E-state index contributed by atoms with van der Waals surface area (Å²) in [4.78, 5) is 11.1. The van der Waals surface area contributed by atoms with Crippen LogP contribution in [0.2, 0.25) is 0 Å². The molecule has 0 aromatic heterocycles. The molecule has 23 heavy (non-hydrogen) atoms. The number of sulfonamides is 1. The molecule has 0 saturated carbocycles. The summed E-state index contributed by atoms with van der Waals surface area (Å²) in [5.74, 6) is 0.472. The van der Waals surface area contributed by atoms with E-state index in [1.807, 2.05) is 6.92 Å². The minimum absolute atomic E-state index is 0.111. The molecule has 7 heteroatoms. The zero-order valence-electron chi connectivity index (χ0n) is 13.1. The quantitative estimate of drug-likeness (QED) is 0.880. The summed E-state index contributed by atoms with van der Waals surface area (Å²) in [6.07, 6.45) is 0. The highest BCUT2D eigenvalue weighted by Crippen LogP contribution is 2.24. The molecule has 0 atom stereocenters. The summed E-state index contributed by atoms with van der Waals surface area (Å²) in [6.45, 7) is 3.22. The van der Waals surface area contributed by atoms with E-state index in [4.69, 9.17) is 4.74 Å². The first-order valence-electron chi connectivity index (χ1n) is 6.87. The molecule has 0 radical (unpaired) electrons. The van der Waals surface area contributed by atoms with Crippen molar-refractivity contribution in [3.05, 3.63) is 48.0 Å². The number of benzene rings is 2. The molecule has 0 aliphatic carbocycles. The van der Waals surface area contributed by atoms with E-state index in [1.165, 1.54) is 31.2 Å². The number of hydrogen-bond acceptors (Lipinski definition) is 4. The van der Waals surface area contributed by atoms with Crippen LogP contribution in [-0.2, 0) is 14.8 Å². The molecule has 0 fully saturated rings. The van der Waals surface area contributed by atoms with Gasteiger partial charge in [0, 0.05) is 18.3 Å². The monoisotopic (exact) mass is 334 g/mol. The third kappa shape index (κ3) is 4.23. The van der Waals surface area contributed by atoms with Crippen LogP contribution in [0.15, 0.2) is 47.4 Å². The summed E-state index contributed by atoms with van der Waals surface area (Å²) in [5, 5.41) is 2.59. The largest absolute Gasteiger partial charge is 0.496 e. The maximum Gasteiger partial charge on any atom is 0.261 e. The summed E-state index contributed by atoms with van der Waals surface area (Å²) >= 11 is 0. The van der Waals surface area contributed by atoms with Crippen molar-refractivity contribution in [2.45, 2.75) is 18.7 Å². The fourth-order valence-electron chi connectivity index (χ4n) is 2.08. The van der Waals surface area contributed by atoms with Crippen molar-refractivity contribution in [2.75, 3.05) is 17.1 Å². The number of hydrogen-bond donors (Lipinski definition) is 2. The van der Waals surface area contributed by atoms with Gasteiger partial charge in [0.25, 0.3) is 10.0 Å². The van der Waals surface area contributed by atoms with Gasteiger partial charge in [-0.3, -0.25) is 9.52 Å². The van der Waals surface area contributed by atoms with Gasteiger partial charge in [0.05, 0.1) is 12.0 Å². The topological polar surface area (TPSA) is 84.5 Å². The Balaban J connectivity index is 2.21. The molecule has 0 heterocycles. The fraction of sp³-hybridized carbons (Fsp3) is 0.188. The van der Waals surface area contributed by atoms with Crippen molar-refractivity contribution in [3.8, 4) is 5.75 Å². The van der Waals surface area contributed by atoms with Crippen molar-refractivity contribution in [3.63, 3.8) is 0 Å².